The molecule has 1 aromatic heterocycles. The van der Waals surface area contributed by atoms with Gasteiger partial charge in [0.25, 0.3) is 0 Å². The second kappa shape index (κ2) is 10.3. The van der Waals surface area contributed by atoms with Gasteiger partial charge in [-0.15, -0.1) is 11.8 Å². The molecule has 1 unspecified atom stereocenters. The van der Waals surface area contributed by atoms with Gasteiger partial charge in [-0.2, -0.15) is 0 Å². The van der Waals surface area contributed by atoms with E-state index in [4.69, 9.17) is 4.74 Å². The first-order valence-electron chi connectivity index (χ1n) is 10.1. The third-order valence-electron chi connectivity index (χ3n) is 4.98. The molecule has 0 bridgehead atoms. The zero-order valence-corrected chi connectivity index (χ0v) is 17.5. The molecule has 2 atom stereocenters. The van der Waals surface area contributed by atoms with E-state index in [1.54, 1.807) is 18.0 Å². The Bertz CT molecular complexity index is 936. The molecule has 1 amide bonds. The van der Waals surface area contributed by atoms with Crippen LogP contribution < -0.4 is 15.4 Å². The summed E-state index contributed by atoms with van der Waals surface area (Å²) in [6, 6.07) is 21.9. The fourth-order valence-electron chi connectivity index (χ4n) is 3.29. The number of amides is 1. The molecule has 2 aromatic carbocycles. The van der Waals surface area contributed by atoms with Crippen molar-refractivity contribution in [1.82, 2.24) is 15.6 Å². The number of nitrogens with one attached hydrogen (secondary N) is 2. The largest absolute Gasteiger partial charge is 0.493 e. The predicted molar refractivity (Wildman–Crippen MR) is 120 cm³/mol. The summed E-state index contributed by atoms with van der Waals surface area (Å²) < 4.78 is 5.82. The molecule has 6 heteroatoms. The summed E-state index contributed by atoms with van der Waals surface area (Å²) in [5.41, 5.74) is 3.41. The first-order valence-corrected chi connectivity index (χ1v) is 11.1. The molecule has 0 aliphatic carbocycles. The van der Waals surface area contributed by atoms with Gasteiger partial charge in [-0.05, 0) is 34.9 Å². The Kier molecular flexibility index (Phi) is 7.00. The number of thioether (sulfide) groups is 1. The number of benzene rings is 2. The minimum absolute atomic E-state index is 0.0251. The first-order chi connectivity index (χ1) is 14.8. The molecule has 2 heterocycles. The van der Waals surface area contributed by atoms with Crippen LogP contribution in [0.4, 0.5) is 0 Å². The van der Waals surface area contributed by atoms with Crippen molar-refractivity contribution in [3.05, 3.63) is 95.8 Å². The third-order valence-corrected chi connectivity index (χ3v) is 6.25. The van der Waals surface area contributed by atoms with Gasteiger partial charge in [0.1, 0.15) is 5.75 Å². The van der Waals surface area contributed by atoms with E-state index in [0.717, 1.165) is 29.1 Å². The highest BCUT2D eigenvalue weighted by Gasteiger charge is 2.30. The smallest absolute Gasteiger partial charge is 0.238 e. The molecule has 0 saturated carbocycles. The lowest BCUT2D eigenvalue weighted by Crippen LogP contribution is -2.42. The van der Waals surface area contributed by atoms with Crippen molar-refractivity contribution >= 4 is 17.7 Å². The first kappa shape index (κ1) is 20.4. The molecule has 1 aliphatic heterocycles. The van der Waals surface area contributed by atoms with E-state index in [-0.39, 0.29) is 17.3 Å². The van der Waals surface area contributed by atoms with Crippen molar-refractivity contribution in [1.29, 1.82) is 0 Å². The van der Waals surface area contributed by atoms with Crippen LogP contribution in [0.2, 0.25) is 0 Å². The minimum Gasteiger partial charge on any atom is -0.493 e. The van der Waals surface area contributed by atoms with Crippen molar-refractivity contribution < 1.29 is 9.53 Å². The highest BCUT2D eigenvalue weighted by Crippen LogP contribution is 2.32. The van der Waals surface area contributed by atoms with Crippen LogP contribution in [0.25, 0.3) is 0 Å². The predicted octanol–water partition coefficient (Wildman–Crippen LogP) is 3.72. The summed E-state index contributed by atoms with van der Waals surface area (Å²) in [5, 5.41) is 6.52. The summed E-state index contributed by atoms with van der Waals surface area (Å²) in [6.45, 7) is 1.15. The fraction of sp³-hybridized carbons (Fsp3) is 0.250. The monoisotopic (exact) mass is 419 g/mol. The number of nitrogens with zero attached hydrogens (tertiary/aromatic N) is 1. The maximum atomic E-state index is 12.5. The van der Waals surface area contributed by atoms with Crippen molar-refractivity contribution in [2.75, 3.05) is 12.4 Å². The lowest BCUT2D eigenvalue weighted by molar-refractivity contribution is -0.122. The van der Waals surface area contributed by atoms with Gasteiger partial charge >= 0.3 is 0 Å². The zero-order valence-electron chi connectivity index (χ0n) is 16.7. The van der Waals surface area contributed by atoms with Crippen LogP contribution in [0.1, 0.15) is 22.1 Å². The molecule has 2 N–H and O–H groups in total. The van der Waals surface area contributed by atoms with Gasteiger partial charge in [0, 0.05) is 31.1 Å². The maximum Gasteiger partial charge on any atom is 0.238 e. The molecule has 1 aliphatic rings. The Morgan fingerprint density at radius 3 is 2.67 bits per heavy atom. The van der Waals surface area contributed by atoms with E-state index in [1.165, 1.54) is 5.56 Å². The number of carbonyl (C=O) groups is 1. The van der Waals surface area contributed by atoms with Crippen LogP contribution in [0.15, 0.2) is 79.1 Å². The Morgan fingerprint density at radius 1 is 1.07 bits per heavy atom. The molecule has 30 heavy (non-hydrogen) atoms. The molecular weight excluding hydrogens is 394 g/mol. The number of rotatable bonds is 8. The number of aromatic nitrogens is 1. The Balaban J connectivity index is 1.20. The standard InChI is InChI=1S/C24H25N3O2S/c28-23(22-17-30-24(27-22)20-7-4-13-25-16-20)26-15-19-8-10-21(11-9-19)29-14-12-18-5-2-1-3-6-18/h1-11,13,16,22,24,27H,12,14-15,17H2,(H,26,28)/t22-,24?/m0/s1. The number of hydrogen-bond acceptors (Lipinski definition) is 5. The van der Waals surface area contributed by atoms with Gasteiger partial charge in [-0.1, -0.05) is 48.5 Å². The van der Waals surface area contributed by atoms with Gasteiger partial charge in [0.2, 0.25) is 5.91 Å². The van der Waals surface area contributed by atoms with Gasteiger partial charge in [-0.3, -0.25) is 15.1 Å². The Hall–Kier alpha value is -2.83. The molecule has 0 spiro atoms. The molecule has 4 rings (SSSR count). The summed E-state index contributed by atoms with van der Waals surface area (Å²) >= 11 is 1.73. The van der Waals surface area contributed by atoms with E-state index in [1.807, 2.05) is 60.8 Å². The molecule has 0 radical (unpaired) electrons. The van der Waals surface area contributed by atoms with E-state index in [2.05, 4.69) is 27.8 Å². The van der Waals surface area contributed by atoms with Crippen molar-refractivity contribution in [2.45, 2.75) is 24.4 Å². The highest BCUT2D eigenvalue weighted by atomic mass is 32.2. The van der Waals surface area contributed by atoms with E-state index in [0.29, 0.717) is 13.2 Å². The van der Waals surface area contributed by atoms with Gasteiger partial charge in [-0.25, -0.2) is 0 Å². The van der Waals surface area contributed by atoms with Crippen LogP contribution >= 0.6 is 11.8 Å². The number of carbonyl (C=O) groups excluding carboxylic acids is 1. The number of ether oxygens (including phenoxy) is 1. The third kappa shape index (κ3) is 5.62. The second-order valence-corrected chi connectivity index (χ2v) is 8.30. The molecule has 1 fully saturated rings. The molecule has 154 valence electrons. The van der Waals surface area contributed by atoms with E-state index < -0.39 is 0 Å². The topological polar surface area (TPSA) is 63.2 Å². The average molecular weight is 420 g/mol. The quantitative estimate of drug-likeness (QED) is 0.583. The van der Waals surface area contributed by atoms with Crippen LogP contribution in [0, 0.1) is 0 Å². The van der Waals surface area contributed by atoms with Crippen LogP contribution in [0.5, 0.6) is 5.75 Å². The van der Waals surface area contributed by atoms with Crippen LogP contribution in [-0.4, -0.2) is 29.3 Å². The average Bonchev–Trinajstić information content (AvgIpc) is 3.30. The van der Waals surface area contributed by atoms with Gasteiger partial charge in [0.15, 0.2) is 0 Å². The Labute approximate surface area is 181 Å². The molecule has 3 aromatic rings. The van der Waals surface area contributed by atoms with Crippen molar-refractivity contribution in [3.8, 4) is 5.75 Å². The summed E-state index contributed by atoms with van der Waals surface area (Å²) in [7, 11) is 0. The molecule has 1 saturated heterocycles. The van der Waals surface area contributed by atoms with E-state index in [9.17, 15) is 4.79 Å². The van der Waals surface area contributed by atoms with Crippen molar-refractivity contribution in [2.24, 2.45) is 0 Å². The normalized spacial score (nSPS) is 18.1. The SMILES string of the molecule is O=C(NCc1ccc(OCCc2ccccc2)cc1)[C@@H]1CSC(c2cccnc2)N1. The lowest BCUT2D eigenvalue weighted by Gasteiger charge is -2.14. The van der Waals surface area contributed by atoms with Gasteiger partial charge < -0.3 is 10.1 Å². The second-order valence-electron chi connectivity index (χ2n) is 7.16. The van der Waals surface area contributed by atoms with Crippen LogP contribution in [-0.2, 0) is 17.8 Å². The van der Waals surface area contributed by atoms with Crippen LogP contribution in [0.3, 0.4) is 0 Å². The highest BCUT2D eigenvalue weighted by molar-refractivity contribution is 7.99. The fourth-order valence-corrected chi connectivity index (χ4v) is 4.52. The lowest BCUT2D eigenvalue weighted by atomic mass is 10.2. The summed E-state index contributed by atoms with van der Waals surface area (Å²) in [5.74, 6) is 1.62. The van der Waals surface area contributed by atoms with E-state index >= 15 is 0 Å². The minimum atomic E-state index is -0.194. The van der Waals surface area contributed by atoms with Crippen molar-refractivity contribution in [3.63, 3.8) is 0 Å². The molecule has 5 nitrogen and oxygen atoms in total. The zero-order chi connectivity index (χ0) is 20.6. The van der Waals surface area contributed by atoms with Gasteiger partial charge in [0.05, 0.1) is 18.0 Å². The number of pyridine rings is 1. The maximum absolute atomic E-state index is 12.5. The number of hydrogen-bond donors (Lipinski definition) is 2. The molecular formula is C24H25N3O2S. The Morgan fingerprint density at radius 2 is 1.90 bits per heavy atom. The summed E-state index contributed by atoms with van der Waals surface area (Å²) in [6.07, 6.45) is 4.48. The summed E-state index contributed by atoms with van der Waals surface area (Å²) in [4.78, 5) is 16.7.